The molecule has 2 nitrogen and oxygen atoms in total. The maximum Gasteiger partial charge on any atom is 0.196 e. The van der Waals surface area contributed by atoms with Crippen molar-refractivity contribution >= 4 is 5.69 Å². The molecule has 1 fully saturated rings. The summed E-state index contributed by atoms with van der Waals surface area (Å²) in [5, 5.41) is 0. The van der Waals surface area contributed by atoms with Crippen molar-refractivity contribution in [2.45, 2.75) is 18.9 Å². The summed E-state index contributed by atoms with van der Waals surface area (Å²) in [7, 11) is 0. The minimum Gasteiger partial charge on any atom is -0.369 e. The summed E-state index contributed by atoms with van der Waals surface area (Å²) in [6.07, 6.45) is 1.47. The number of nitrogens with two attached hydrogens (primary N) is 1. The van der Waals surface area contributed by atoms with Gasteiger partial charge in [0.25, 0.3) is 0 Å². The van der Waals surface area contributed by atoms with E-state index in [0.29, 0.717) is 13.1 Å². The van der Waals surface area contributed by atoms with E-state index in [1.165, 1.54) is 6.07 Å². The van der Waals surface area contributed by atoms with Gasteiger partial charge in [0.1, 0.15) is 0 Å². The van der Waals surface area contributed by atoms with Gasteiger partial charge in [0.05, 0.1) is 5.69 Å². The molecule has 0 atom stereocenters. The predicted octanol–water partition coefficient (Wildman–Crippen LogP) is 2.03. The molecule has 1 saturated heterocycles. The first-order chi connectivity index (χ1) is 7.59. The van der Waals surface area contributed by atoms with Crippen molar-refractivity contribution in [2.75, 3.05) is 18.0 Å². The average Bonchev–Trinajstić information content (AvgIpc) is 2.28. The number of piperidine rings is 1. The van der Waals surface area contributed by atoms with Crippen molar-refractivity contribution in [3.8, 4) is 0 Å². The summed E-state index contributed by atoms with van der Waals surface area (Å²) in [5.41, 5.74) is 5.83. The lowest BCUT2D eigenvalue weighted by molar-refractivity contribution is 0.439. The van der Waals surface area contributed by atoms with Gasteiger partial charge in [-0.3, -0.25) is 0 Å². The molecule has 0 radical (unpaired) electrons. The van der Waals surface area contributed by atoms with Crippen LogP contribution in [0.1, 0.15) is 12.8 Å². The van der Waals surface area contributed by atoms with Gasteiger partial charge in [-0.1, -0.05) is 0 Å². The standard InChI is InChI=1S/C11H13F3N2/c12-8-1-2-9(11(14)10(8)13)16-5-3-7(15)4-6-16/h1-2,7H,3-6,15H2. The number of hydrogen-bond acceptors (Lipinski definition) is 2. The Morgan fingerprint density at radius 1 is 1.06 bits per heavy atom. The minimum atomic E-state index is -1.41. The predicted molar refractivity (Wildman–Crippen MR) is 55.7 cm³/mol. The number of rotatable bonds is 1. The third-order valence-electron chi connectivity index (χ3n) is 2.90. The second kappa shape index (κ2) is 4.33. The summed E-state index contributed by atoms with van der Waals surface area (Å²) >= 11 is 0. The Labute approximate surface area is 91.8 Å². The molecule has 16 heavy (non-hydrogen) atoms. The number of nitrogens with zero attached hydrogens (tertiary/aromatic N) is 1. The first-order valence-electron chi connectivity index (χ1n) is 5.23. The van der Waals surface area contributed by atoms with Crippen LogP contribution in [0.5, 0.6) is 0 Å². The van der Waals surface area contributed by atoms with E-state index >= 15 is 0 Å². The van der Waals surface area contributed by atoms with E-state index in [2.05, 4.69) is 0 Å². The molecule has 0 amide bonds. The van der Waals surface area contributed by atoms with Crippen LogP contribution in [0, 0.1) is 17.5 Å². The van der Waals surface area contributed by atoms with Crippen molar-refractivity contribution in [2.24, 2.45) is 5.73 Å². The zero-order valence-electron chi connectivity index (χ0n) is 8.72. The van der Waals surface area contributed by atoms with E-state index in [1.54, 1.807) is 4.90 Å². The number of halogens is 3. The zero-order valence-corrected chi connectivity index (χ0v) is 8.72. The van der Waals surface area contributed by atoms with E-state index in [0.717, 1.165) is 18.9 Å². The average molecular weight is 230 g/mol. The van der Waals surface area contributed by atoms with Gasteiger partial charge in [-0.2, -0.15) is 0 Å². The summed E-state index contributed by atoms with van der Waals surface area (Å²) in [6, 6.07) is 2.33. The zero-order chi connectivity index (χ0) is 11.7. The topological polar surface area (TPSA) is 29.3 Å². The van der Waals surface area contributed by atoms with Gasteiger partial charge in [0.15, 0.2) is 17.5 Å². The van der Waals surface area contributed by atoms with Crippen LogP contribution in [-0.2, 0) is 0 Å². The first kappa shape index (κ1) is 11.3. The van der Waals surface area contributed by atoms with Crippen LogP contribution < -0.4 is 10.6 Å². The molecular weight excluding hydrogens is 217 g/mol. The highest BCUT2D eigenvalue weighted by Crippen LogP contribution is 2.25. The molecule has 2 N–H and O–H groups in total. The molecule has 2 rings (SSSR count). The maximum atomic E-state index is 13.5. The van der Waals surface area contributed by atoms with Gasteiger partial charge in [-0.15, -0.1) is 0 Å². The summed E-state index contributed by atoms with van der Waals surface area (Å²) in [4.78, 5) is 1.70. The number of hydrogen-bond donors (Lipinski definition) is 1. The van der Waals surface area contributed by atoms with Crippen LogP contribution in [0.25, 0.3) is 0 Å². The van der Waals surface area contributed by atoms with E-state index in [9.17, 15) is 13.2 Å². The molecule has 1 aliphatic rings. The highest BCUT2D eigenvalue weighted by atomic mass is 19.2. The fourth-order valence-electron chi connectivity index (χ4n) is 1.90. The SMILES string of the molecule is NC1CCN(c2ccc(F)c(F)c2F)CC1. The molecule has 0 aromatic heterocycles. The molecule has 0 unspecified atom stereocenters. The van der Waals surface area contributed by atoms with Crippen molar-refractivity contribution in [3.63, 3.8) is 0 Å². The monoisotopic (exact) mass is 230 g/mol. The largest absolute Gasteiger partial charge is 0.369 e. The second-order valence-corrected chi connectivity index (χ2v) is 4.02. The Balaban J connectivity index is 2.24. The third-order valence-corrected chi connectivity index (χ3v) is 2.90. The molecule has 1 heterocycles. The van der Waals surface area contributed by atoms with E-state index < -0.39 is 17.5 Å². The van der Waals surface area contributed by atoms with Crippen molar-refractivity contribution < 1.29 is 13.2 Å². The van der Waals surface area contributed by atoms with Gasteiger partial charge in [0.2, 0.25) is 0 Å². The molecule has 1 aromatic carbocycles. The Bertz CT molecular complexity index is 387. The second-order valence-electron chi connectivity index (χ2n) is 4.02. The van der Waals surface area contributed by atoms with Gasteiger partial charge >= 0.3 is 0 Å². The Morgan fingerprint density at radius 3 is 2.31 bits per heavy atom. The fraction of sp³-hybridized carbons (Fsp3) is 0.455. The molecule has 0 spiro atoms. The molecule has 0 saturated carbocycles. The molecule has 88 valence electrons. The van der Waals surface area contributed by atoms with E-state index in [4.69, 9.17) is 5.73 Å². The Morgan fingerprint density at radius 2 is 1.69 bits per heavy atom. The maximum absolute atomic E-state index is 13.5. The van der Waals surface area contributed by atoms with Crippen LogP contribution in [0.15, 0.2) is 12.1 Å². The summed E-state index contributed by atoms with van der Waals surface area (Å²) in [6.45, 7) is 1.15. The fourth-order valence-corrected chi connectivity index (χ4v) is 1.90. The van der Waals surface area contributed by atoms with Gasteiger partial charge in [0, 0.05) is 19.1 Å². The smallest absolute Gasteiger partial charge is 0.196 e. The quantitative estimate of drug-likeness (QED) is 0.748. The summed E-state index contributed by atoms with van der Waals surface area (Å²) in [5.74, 6) is -3.68. The van der Waals surface area contributed by atoms with E-state index in [-0.39, 0.29) is 11.7 Å². The van der Waals surface area contributed by atoms with Crippen LogP contribution in [0.4, 0.5) is 18.9 Å². The highest BCUT2D eigenvalue weighted by Gasteiger charge is 2.21. The minimum absolute atomic E-state index is 0.115. The van der Waals surface area contributed by atoms with Crippen molar-refractivity contribution in [1.29, 1.82) is 0 Å². The lowest BCUT2D eigenvalue weighted by atomic mass is 10.1. The molecule has 1 aliphatic heterocycles. The third kappa shape index (κ3) is 2.00. The molecular formula is C11H13F3N2. The van der Waals surface area contributed by atoms with Gasteiger partial charge in [-0.25, -0.2) is 13.2 Å². The van der Waals surface area contributed by atoms with Crippen LogP contribution >= 0.6 is 0 Å². The lowest BCUT2D eigenvalue weighted by Gasteiger charge is -2.32. The van der Waals surface area contributed by atoms with Crippen LogP contribution in [0.2, 0.25) is 0 Å². The van der Waals surface area contributed by atoms with Crippen LogP contribution in [0.3, 0.4) is 0 Å². The Hall–Kier alpha value is -1.23. The molecule has 5 heteroatoms. The van der Waals surface area contributed by atoms with Crippen molar-refractivity contribution in [1.82, 2.24) is 0 Å². The van der Waals surface area contributed by atoms with Gasteiger partial charge in [-0.05, 0) is 25.0 Å². The molecule has 1 aromatic rings. The Kier molecular flexibility index (Phi) is 3.05. The first-order valence-corrected chi connectivity index (χ1v) is 5.23. The normalized spacial score (nSPS) is 17.9. The van der Waals surface area contributed by atoms with E-state index in [1.807, 2.05) is 0 Å². The van der Waals surface area contributed by atoms with Gasteiger partial charge < -0.3 is 10.6 Å². The molecule has 0 aliphatic carbocycles. The highest BCUT2D eigenvalue weighted by molar-refractivity contribution is 5.48. The number of benzene rings is 1. The van der Waals surface area contributed by atoms with Crippen molar-refractivity contribution in [3.05, 3.63) is 29.6 Å². The summed E-state index contributed by atoms with van der Waals surface area (Å²) < 4.78 is 39.2. The van der Waals surface area contributed by atoms with Crippen LogP contribution in [-0.4, -0.2) is 19.1 Å². The number of anilines is 1. The lowest BCUT2D eigenvalue weighted by Crippen LogP contribution is -2.40. The molecule has 0 bridgehead atoms.